The number of carbonyl (C=O) groups is 1. The summed E-state index contributed by atoms with van der Waals surface area (Å²) in [6, 6.07) is 7.48. The minimum atomic E-state index is -0.214. The first-order valence-corrected chi connectivity index (χ1v) is 5.34. The molecule has 0 atom stereocenters. The van der Waals surface area contributed by atoms with Gasteiger partial charge in [0.1, 0.15) is 0 Å². The Labute approximate surface area is 91.3 Å². The van der Waals surface area contributed by atoms with E-state index in [2.05, 4.69) is 13.8 Å². The second-order valence-corrected chi connectivity index (χ2v) is 4.13. The summed E-state index contributed by atoms with van der Waals surface area (Å²) in [6.07, 6.45) is 0.914. The topological polar surface area (TPSA) is 26.3 Å². The third kappa shape index (κ3) is 3.74. The molecule has 0 bridgehead atoms. The third-order valence-corrected chi connectivity index (χ3v) is 2.29. The Hall–Kier alpha value is -1.31. The van der Waals surface area contributed by atoms with Gasteiger partial charge in [-0.15, -0.1) is 0 Å². The second kappa shape index (κ2) is 5.54. The number of esters is 1. The van der Waals surface area contributed by atoms with Gasteiger partial charge < -0.3 is 4.74 Å². The fourth-order valence-corrected chi connectivity index (χ4v) is 1.27. The fraction of sp³-hybridized carbons (Fsp3) is 0.462. The number of carbonyl (C=O) groups excluding carboxylic acids is 1. The molecule has 0 saturated carbocycles. The first-order valence-electron chi connectivity index (χ1n) is 5.34. The van der Waals surface area contributed by atoms with Crippen molar-refractivity contribution in [3.05, 3.63) is 35.4 Å². The molecular formula is C13H18O2. The van der Waals surface area contributed by atoms with Crippen LogP contribution in [-0.2, 0) is 4.74 Å². The van der Waals surface area contributed by atoms with Gasteiger partial charge >= 0.3 is 5.97 Å². The molecular weight excluding hydrogens is 188 g/mol. The molecule has 0 unspecified atom stereocenters. The maximum atomic E-state index is 11.6. The van der Waals surface area contributed by atoms with Crippen LogP contribution < -0.4 is 0 Å². The minimum absolute atomic E-state index is 0.214. The van der Waals surface area contributed by atoms with E-state index in [9.17, 15) is 4.79 Å². The monoisotopic (exact) mass is 206 g/mol. The summed E-state index contributed by atoms with van der Waals surface area (Å²) in [6.45, 7) is 6.65. The van der Waals surface area contributed by atoms with Crippen LogP contribution in [-0.4, -0.2) is 12.6 Å². The normalized spacial score (nSPS) is 10.4. The van der Waals surface area contributed by atoms with Gasteiger partial charge in [-0.25, -0.2) is 4.79 Å². The summed E-state index contributed by atoms with van der Waals surface area (Å²) in [5, 5.41) is 0. The number of hydrogen-bond acceptors (Lipinski definition) is 2. The van der Waals surface area contributed by atoms with E-state index in [1.807, 2.05) is 25.1 Å². The molecule has 82 valence electrons. The van der Waals surface area contributed by atoms with Crippen LogP contribution in [0.4, 0.5) is 0 Å². The maximum absolute atomic E-state index is 11.6. The van der Waals surface area contributed by atoms with E-state index in [1.165, 1.54) is 0 Å². The lowest BCUT2D eigenvalue weighted by atomic mass is 10.1. The highest BCUT2D eigenvalue weighted by molar-refractivity contribution is 5.90. The van der Waals surface area contributed by atoms with Gasteiger partial charge in [0.05, 0.1) is 12.2 Å². The molecule has 0 fully saturated rings. The van der Waals surface area contributed by atoms with Gasteiger partial charge in [0.2, 0.25) is 0 Å². The Morgan fingerprint density at radius 1 is 1.33 bits per heavy atom. The summed E-state index contributed by atoms with van der Waals surface area (Å²) in [7, 11) is 0. The van der Waals surface area contributed by atoms with E-state index in [1.54, 1.807) is 6.07 Å². The standard InChI is InChI=1S/C13H18O2/c1-10(2)8-9-15-13(14)12-7-5-4-6-11(12)3/h4-7,10H,8-9H2,1-3H3. The van der Waals surface area contributed by atoms with E-state index in [-0.39, 0.29) is 5.97 Å². The smallest absolute Gasteiger partial charge is 0.338 e. The Morgan fingerprint density at radius 3 is 2.60 bits per heavy atom. The molecule has 0 saturated heterocycles. The van der Waals surface area contributed by atoms with Crippen LogP contribution in [0.5, 0.6) is 0 Å². The van der Waals surface area contributed by atoms with Gasteiger partial charge in [-0.1, -0.05) is 32.0 Å². The van der Waals surface area contributed by atoms with E-state index < -0.39 is 0 Å². The molecule has 0 aromatic heterocycles. The molecule has 0 N–H and O–H groups in total. The number of rotatable bonds is 4. The Bertz CT molecular complexity index is 329. The molecule has 15 heavy (non-hydrogen) atoms. The molecule has 2 heteroatoms. The van der Waals surface area contributed by atoms with Crippen molar-refractivity contribution in [2.75, 3.05) is 6.61 Å². The Morgan fingerprint density at radius 2 is 2.00 bits per heavy atom. The van der Waals surface area contributed by atoms with E-state index in [0.717, 1.165) is 12.0 Å². The first-order chi connectivity index (χ1) is 7.11. The highest BCUT2D eigenvalue weighted by atomic mass is 16.5. The summed E-state index contributed by atoms with van der Waals surface area (Å²) >= 11 is 0. The molecule has 0 radical (unpaired) electrons. The van der Waals surface area contributed by atoms with E-state index in [4.69, 9.17) is 4.74 Å². The van der Waals surface area contributed by atoms with Gasteiger partial charge in [-0.05, 0) is 30.9 Å². The number of aryl methyl sites for hydroxylation is 1. The third-order valence-electron chi connectivity index (χ3n) is 2.29. The molecule has 0 amide bonds. The van der Waals surface area contributed by atoms with Gasteiger partial charge in [0.25, 0.3) is 0 Å². The summed E-state index contributed by atoms with van der Waals surface area (Å²) in [4.78, 5) is 11.6. The molecule has 0 spiro atoms. The summed E-state index contributed by atoms with van der Waals surface area (Å²) in [5.74, 6) is 0.350. The zero-order valence-electron chi connectivity index (χ0n) is 9.62. The quantitative estimate of drug-likeness (QED) is 0.707. The van der Waals surface area contributed by atoms with Gasteiger partial charge in [-0.2, -0.15) is 0 Å². The zero-order valence-corrected chi connectivity index (χ0v) is 9.62. The average molecular weight is 206 g/mol. The van der Waals surface area contributed by atoms with Crippen molar-refractivity contribution >= 4 is 5.97 Å². The molecule has 0 heterocycles. The fourth-order valence-electron chi connectivity index (χ4n) is 1.27. The van der Waals surface area contributed by atoms with Crippen molar-refractivity contribution in [3.63, 3.8) is 0 Å². The van der Waals surface area contributed by atoms with Crippen LogP contribution in [0.3, 0.4) is 0 Å². The first kappa shape index (κ1) is 11.8. The lowest BCUT2D eigenvalue weighted by molar-refractivity contribution is 0.0487. The molecule has 0 aliphatic rings. The molecule has 1 aromatic carbocycles. The van der Waals surface area contributed by atoms with Crippen LogP contribution in [0.25, 0.3) is 0 Å². The van der Waals surface area contributed by atoms with Crippen molar-refractivity contribution in [1.29, 1.82) is 0 Å². The van der Waals surface area contributed by atoms with Crippen LogP contribution >= 0.6 is 0 Å². The van der Waals surface area contributed by atoms with Crippen LogP contribution in [0.2, 0.25) is 0 Å². The summed E-state index contributed by atoms with van der Waals surface area (Å²) in [5.41, 5.74) is 1.63. The molecule has 0 aliphatic carbocycles. The van der Waals surface area contributed by atoms with E-state index in [0.29, 0.717) is 18.1 Å². The van der Waals surface area contributed by atoms with Crippen LogP contribution in [0.15, 0.2) is 24.3 Å². The second-order valence-electron chi connectivity index (χ2n) is 4.13. The number of ether oxygens (including phenoxy) is 1. The summed E-state index contributed by atoms with van der Waals surface area (Å²) < 4.78 is 5.18. The van der Waals surface area contributed by atoms with Crippen molar-refractivity contribution in [1.82, 2.24) is 0 Å². The molecule has 2 nitrogen and oxygen atoms in total. The largest absolute Gasteiger partial charge is 0.462 e. The average Bonchev–Trinajstić information content (AvgIpc) is 2.17. The maximum Gasteiger partial charge on any atom is 0.338 e. The minimum Gasteiger partial charge on any atom is -0.462 e. The molecule has 1 rings (SSSR count). The van der Waals surface area contributed by atoms with E-state index >= 15 is 0 Å². The van der Waals surface area contributed by atoms with Gasteiger partial charge in [0, 0.05) is 0 Å². The highest BCUT2D eigenvalue weighted by Gasteiger charge is 2.09. The number of benzene rings is 1. The van der Waals surface area contributed by atoms with Crippen LogP contribution in [0, 0.1) is 12.8 Å². The van der Waals surface area contributed by atoms with Crippen molar-refractivity contribution < 1.29 is 9.53 Å². The van der Waals surface area contributed by atoms with Gasteiger partial charge in [-0.3, -0.25) is 0 Å². The van der Waals surface area contributed by atoms with Crippen LogP contribution in [0.1, 0.15) is 36.2 Å². The highest BCUT2D eigenvalue weighted by Crippen LogP contribution is 2.09. The predicted octanol–water partition coefficient (Wildman–Crippen LogP) is 3.20. The Kier molecular flexibility index (Phi) is 4.35. The van der Waals surface area contributed by atoms with Crippen molar-refractivity contribution in [2.45, 2.75) is 27.2 Å². The lowest BCUT2D eigenvalue weighted by Gasteiger charge is -2.08. The lowest BCUT2D eigenvalue weighted by Crippen LogP contribution is -2.09. The van der Waals surface area contributed by atoms with Crippen molar-refractivity contribution in [2.24, 2.45) is 5.92 Å². The SMILES string of the molecule is Cc1ccccc1C(=O)OCCC(C)C. The molecule has 0 aliphatic heterocycles. The number of hydrogen-bond donors (Lipinski definition) is 0. The van der Waals surface area contributed by atoms with Crippen molar-refractivity contribution in [3.8, 4) is 0 Å². The zero-order chi connectivity index (χ0) is 11.3. The predicted molar refractivity (Wildman–Crippen MR) is 60.9 cm³/mol. The molecule has 1 aromatic rings. The Balaban J connectivity index is 2.51. The van der Waals surface area contributed by atoms with Gasteiger partial charge in [0.15, 0.2) is 0 Å².